The summed E-state index contributed by atoms with van der Waals surface area (Å²) in [7, 11) is 9.71. The molecule has 0 unspecified atom stereocenters. The fourth-order valence-corrected chi connectivity index (χ4v) is 1.67. The molecule has 0 amide bonds. The van der Waals surface area contributed by atoms with Crippen molar-refractivity contribution in [1.29, 1.82) is 15.8 Å². The van der Waals surface area contributed by atoms with Crippen molar-refractivity contribution in [3.63, 3.8) is 0 Å². The molecule has 0 fully saturated rings. The molecule has 2 atom stereocenters. The Morgan fingerprint density at radius 3 is 1.46 bits per heavy atom. The molecular formula is C23H37Cl2N3O6Ru. The van der Waals surface area contributed by atoms with Crippen molar-refractivity contribution in [2.45, 2.75) is 86.9 Å². The van der Waals surface area contributed by atoms with Gasteiger partial charge in [0.25, 0.3) is 0 Å². The van der Waals surface area contributed by atoms with E-state index in [2.05, 4.69) is 0 Å². The van der Waals surface area contributed by atoms with Gasteiger partial charge >= 0.3 is 34.5 Å². The summed E-state index contributed by atoms with van der Waals surface area (Å²) < 4.78 is 0. The Morgan fingerprint density at radius 2 is 1.20 bits per heavy atom. The first-order chi connectivity index (χ1) is 15.8. The van der Waals surface area contributed by atoms with Gasteiger partial charge in [-0.25, -0.2) is 0 Å². The first-order valence-electron chi connectivity index (χ1n) is 10.3. The molecular weight excluding hydrogens is 586 g/mol. The van der Waals surface area contributed by atoms with Crippen LogP contribution in [0.25, 0.3) is 0 Å². The zero-order valence-corrected chi connectivity index (χ0v) is 24.8. The molecule has 0 aromatic rings. The van der Waals surface area contributed by atoms with Crippen LogP contribution in [0.2, 0.25) is 0 Å². The summed E-state index contributed by atoms with van der Waals surface area (Å²) >= 11 is -0.346. The van der Waals surface area contributed by atoms with Gasteiger partial charge in [-0.15, -0.1) is 0 Å². The van der Waals surface area contributed by atoms with Gasteiger partial charge in [-0.2, -0.15) is 15.8 Å². The maximum absolute atomic E-state index is 11.1. The average molecular weight is 624 g/mol. The molecule has 202 valence electrons. The van der Waals surface area contributed by atoms with E-state index in [1.54, 1.807) is 27.7 Å². The van der Waals surface area contributed by atoms with Crippen LogP contribution in [-0.4, -0.2) is 51.5 Å². The molecule has 0 saturated heterocycles. The Morgan fingerprint density at radius 1 is 0.829 bits per heavy atom. The van der Waals surface area contributed by atoms with Crippen molar-refractivity contribution in [2.75, 3.05) is 6.61 Å². The van der Waals surface area contributed by atoms with Gasteiger partial charge in [0.05, 0.1) is 47.7 Å². The van der Waals surface area contributed by atoms with Crippen molar-refractivity contribution < 1.29 is 44.8 Å². The molecule has 0 heterocycles. The quantitative estimate of drug-likeness (QED) is 0.255. The van der Waals surface area contributed by atoms with E-state index in [0.29, 0.717) is 0 Å². The Labute approximate surface area is 224 Å². The van der Waals surface area contributed by atoms with Crippen LogP contribution in [0.4, 0.5) is 0 Å². The van der Waals surface area contributed by atoms with E-state index >= 15 is 0 Å². The second kappa shape index (κ2) is 20.7. The van der Waals surface area contributed by atoms with Crippen LogP contribution in [0.15, 0.2) is 0 Å². The van der Waals surface area contributed by atoms with Crippen molar-refractivity contribution in [1.82, 2.24) is 0 Å². The number of hydrogen-bond donors (Lipinski definition) is 3. The molecule has 12 heteroatoms. The number of carbonyl (C=O) groups excluding carboxylic acids is 3. The SMILES string of the molecule is CC(=O)CC(=O)C(C)(C)C#N.CC(=O)C[C@H](O)C(C)(C)C#N.CC(C)(C#N)[C@@H](O)CCO.[Cl][Ru][Cl]. The van der Waals surface area contributed by atoms with Gasteiger partial charge in [-0.3, -0.25) is 14.4 Å². The van der Waals surface area contributed by atoms with Gasteiger partial charge < -0.3 is 15.3 Å². The average Bonchev–Trinajstić information content (AvgIpc) is 2.74. The Kier molecular flexibility index (Phi) is 24.1. The summed E-state index contributed by atoms with van der Waals surface area (Å²) in [5.41, 5.74) is -2.60. The molecule has 0 aromatic carbocycles. The van der Waals surface area contributed by atoms with Crippen LogP contribution < -0.4 is 0 Å². The van der Waals surface area contributed by atoms with E-state index in [1.807, 2.05) is 18.2 Å². The first-order valence-corrected chi connectivity index (χ1v) is 14.8. The third kappa shape index (κ3) is 22.8. The van der Waals surface area contributed by atoms with E-state index in [4.69, 9.17) is 40.3 Å². The number of hydrogen-bond acceptors (Lipinski definition) is 9. The summed E-state index contributed by atoms with van der Waals surface area (Å²) in [6.07, 6.45) is -1.41. The molecule has 3 N–H and O–H groups in total. The molecule has 0 bridgehead atoms. The monoisotopic (exact) mass is 623 g/mol. The minimum absolute atomic E-state index is 0.0561. The molecule has 0 aromatic heterocycles. The second-order valence-electron chi connectivity index (χ2n) is 9.21. The summed E-state index contributed by atoms with van der Waals surface area (Å²) in [6, 6.07) is 5.75. The Balaban J connectivity index is -0.000000195. The fraction of sp³-hybridized carbons (Fsp3) is 0.739. The number of nitriles is 3. The standard InChI is InChI=1S/C8H13NO2.C8H11NO2.C7H13NO2.2ClH.Ru/c2*1-6(10)4-7(11)8(2,3)5-9;1-7(2,5-8)6(10)3-4-9;;;/h7,11H,4H2,1-3H3;4H2,1-3H3;6,9-10H,3-4H2,1-2H3;2*1H;/q;;;;;+2/p-2/t7-;;6-;;;/m0.0.../s1. The van der Waals surface area contributed by atoms with Gasteiger partial charge in [0.15, 0.2) is 5.78 Å². The zero-order chi connectivity index (χ0) is 29.0. The minimum atomic E-state index is -1.02. The molecule has 0 spiro atoms. The Bertz CT molecular complexity index is 784. The number of aliphatic hydroxyl groups excluding tert-OH is 3. The van der Waals surface area contributed by atoms with Crippen LogP contribution in [0.3, 0.4) is 0 Å². The molecule has 0 aliphatic rings. The van der Waals surface area contributed by atoms with E-state index in [0.717, 1.165) is 0 Å². The topological polar surface area (TPSA) is 183 Å². The van der Waals surface area contributed by atoms with Crippen molar-refractivity contribution in [3.8, 4) is 18.2 Å². The Hall–Kier alpha value is -1.44. The van der Waals surface area contributed by atoms with Gasteiger partial charge in [0, 0.05) is 13.0 Å². The van der Waals surface area contributed by atoms with E-state index < -0.39 is 28.5 Å². The predicted molar refractivity (Wildman–Crippen MR) is 129 cm³/mol. The number of halogens is 2. The first kappa shape index (κ1) is 40.7. The number of carbonyl (C=O) groups is 3. The molecule has 9 nitrogen and oxygen atoms in total. The van der Waals surface area contributed by atoms with Crippen LogP contribution in [0.5, 0.6) is 0 Å². The maximum atomic E-state index is 11.1. The van der Waals surface area contributed by atoms with Crippen LogP contribution >= 0.6 is 19.4 Å². The molecule has 35 heavy (non-hydrogen) atoms. The van der Waals surface area contributed by atoms with Gasteiger partial charge in [0.2, 0.25) is 0 Å². The fourth-order valence-electron chi connectivity index (χ4n) is 1.67. The number of nitrogens with zero attached hydrogens (tertiary/aromatic N) is 3. The van der Waals surface area contributed by atoms with E-state index in [9.17, 15) is 24.6 Å². The van der Waals surface area contributed by atoms with E-state index in [-0.39, 0.29) is 58.4 Å². The summed E-state index contributed by atoms with van der Waals surface area (Å²) in [5.74, 6) is -0.605. The molecule has 0 aliphatic heterocycles. The predicted octanol–water partition coefficient (Wildman–Crippen LogP) is 3.62. The number of Topliss-reactive ketones (excluding diaryl/α,β-unsaturated/α-hetero) is 3. The van der Waals surface area contributed by atoms with Crippen LogP contribution in [0.1, 0.15) is 74.7 Å². The zero-order valence-electron chi connectivity index (χ0n) is 21.5. The third-order valence-corrected chi connectivity index (χ3v) is 4.51. The molecule has 0 rings (SSSR count). The van der Waals surface area contributed by atoms with Gasteiger partial charge in [0.1, 0.15) is 17.0 Å². The molecule has 0 radical (unpaired) electrons. The number of ketones is 3. The van der Waals surface area contributed by atoms with Crippen molar-refractivity contribution >= 4 is 36.7 Å². The van der Waals surface area contributed by atoms with Gasteiger partial charge in [-0.05, 0) is 61.8 Å². The second-order valence-corrected chi connectivity index (χ2v) is 11.8. The normalized spacial score (nSPS) is 12.3. The summed E-state index contributed by atoms with van der Waals surface area (Å²) in [4.78, 5) is 32.1. The van der Waals surface area contributed by atoms with Gasteiger partial charge in [-0.1, -0.05) is 0 Å². The van der Waals surface area contributed by atoms with E-state index in [1.165, 1.54) is 27.7 Å². The third-order valence-electron chi connectivity index (χ3n) is 4.51. The molecule has 0 aliphatic carbocycles. The molecule has 0 saturated carbocycles. The number of aliphatic hydroxyl groups is 3. The summed E-state index contributed by atoms with van der Waals surface area (Å²) in [5, 5.41) is 52.5. The van der Waals surface area contributed by atoms with Crippen molar-refractivity contribution in [2.24, 2.45) is 16.2 Å². The van der Waals surface area contributed by atoms with Crippen LogP contribution in [0, 0.1) is 50.2 Å². The van der Waals surface area contributed by atoms with Crippen LogP contribution in [-0.2, 0) is 29.5 Å². The summed E-state index contributed by atoms with van der Waals surface area (Å²) in [6.45, 7) is 12.2. The van der Waals surface area contributed by atoms with Crippen molar-refractivity contribution in [3.05, 3.63) is 0 Å². The number of rotatable bonds is 9.